The topological polar surface area (TPSA) is 52.3 Å². The summed E-state index contributed by atoms with van der Waals surface area (Å²) < 4.78 is 5.15. The Hall–Kier alpha value is -2.29. The van der Waals surface area contributed by atoms with Crippen LogP contribution in [0.5, 0.6) is 5.75 Å². The monoisotopic (exact) mass is 269 g/mol. The molecule has 0 atom stereocenters. The Kier molecular flexibility index (Phi) is 4.08. The van der Waals surface area contributed by atoms with Crippen molar-refractivity contribution in [2.24, 2.45) is 0 Å². The van der Waals surface area contributed by atoms with Crippen LogP contribution >= 0.6 is 0 Å². The van der Waals surface area contributed by atoms with Crippen LogP contribution in [0.1, 0.15) is 27.0 Å². The second-order valence-electron chi connectivity index (χ2n) is 5.02. The highest BCUT2D eigenvalue weighted by Gasteiger charge is 2.13. The summed E-state index contributed by atoms with van der Waals surface area (Å²) in [7, 11) is 1.55. The molecule has 0 bridgehead atoms. The van der Waals surface area contributed by atoms with E-state index in [2.05, 4.69) is 6.07 Å². The van der Waals surface area contributed by atoms with Gasteiger partial charge in [0.05, 0.1) is 12.8 Å². The van der Waals surface area contributed by atoms with Gasteiger partial charge in [0, 0.05) is 12.0 Å². The smallest absolute Gasteiger partial charge is 0.169 e. The molecule has 0 aliphatic heterocycles. The van der Waals surface area contributed by atoms with E-state index in [4.69, 9.17) is 10.5 Å². The largest absolute Gasteiger partial charge is 0.495 e. The number of nitrogens with two attached hydrogens (primary N) is 1. The third kappa shape index (κ3) is 2.99. The quantitative estimate of drug-likeness (QED) is 0.684. The van der Waals surface area contributed by atoms with Gasteiger partial charge in [-0.1, -0.05) is 35.4 Å². The van der Waals surface area contributed by atoms with E-state index in [9.17, 15) is 4.79 Å². The molecule has 104 valence electrons. The molecule has 0 radical (unpaired) electrons. The van der Waals surface area contributed by atoms with Crippen LogP contribution in [-0.4, -0.2) is 12.9 Å². The molecule has 3 nitrogen and oxygen atoms in total. The fourth-order valence-electron chi connectivity index (χ4n) is 2.42. The minimum atomic E-state index is 0.00593. The lowest BCUT2D eigenvalue weighted by molar-refractivity contribution is 0.0993. The summed E-state index contributed by atoms with van der Waals surface area (Å²) >= 11 is 0. The number of nitrogen functional groups attached to an aromatic ring is 1. The van der Waals surface area contributed by atoms with Gasteiger partial charge in [0.15, 0.2) is 5.78 Å². The molecule has 0 aliphatic carbocycles. The van der Waals surface area contributed by atoms with Gasteiger partial charge >= 0.3 is 0 Å². The Bertz CT molecular complexity index is 627. The molecule has 0 saturated carbocycles. The predicted molar refractivity (Wildman–Crippen MR) is 81.4 cm³/mol. The van der Waals surface area contributed by atoms with E-state index >= 15 is 0 Å². The molecule has 0 heterocycles. The number of hydrogen-bond donors (Lipinski definition) is 1. The Balaban J connectivity index is 2.28. The highest BCUT2D eigenvalue weighted by molar-refractivity contribution is 6.03. The maximum absolute atomic E-state index is 12.4. The maximum atomic E-state index is 12.4. The van der Waals surface area contributed by atoms with E-state index in [-0.39, 0.29) is 5.78 Å². The Morgan fingerprint density at radius 2 is 1.80 bits per heavy atom. The van der Waals surface area contributed by atoms with Gasteiger partial charge in [0.25, 0.3) is 0 Å². The number of ether oxygens (including phenoxy) is 1. The first-order valence-corrected chi connectivity index (χ1v) is 6.54. The summed E-state index contributed by atoms with van der Waals surface area (Å²) in [5, 5.41) is 0. The van der Waals surface area contributed by atoms with Gasteiger partial charge in [-0.15, -0.1) is 0 Å². The molecule has 0 unspecified atom stereocenters. The van der Waals surface area contributed by atoms with Gasteiger partial charge in [-0.05, 0) is 31.5 Å². The zero-order valence-electron chi connectivity index (χ0n) is 12.1. The number of anilines is 1. The summed E-state index contributed by atoms with van der Waals surface area (Å²) in [4.78, 5) is 12.4. The van der Waals surface area contributed by atoms with Crippen molar-refractivity contribution in [2.75, 3.05) is 12.8 Å². The van der Waals surface area contributed by atoms with Crippen molar-refractivity contribution in [3.63, 3.8) is 0 Å². The molecule has 0 fully saturated rings. The number of rotatable bonds is 4. The van der Waals surface area contributed by atoms with Crippen LogP contribution in [0.3, 0.4) is 0 Å². The number of carbonyl (C=O) groups is 1. The lowest BCUT2D eigenvalue weighted by Crippen LogP contribution is -2.08. The van der Waals surface area contributed by atoms with Crippen LogP contribution < -0.4 is 10.5 Å². The molecule has 3 heteroatoms. The minimum absolute atomic E-state index is 0.00593. The van der Waals surface area contributed by atoms with Crippen LogP contribution in [0.4, 0.5) is 5.69 Å². The van der Waals surface area contributed by atoms with E-state index in [1.165, 1.54) is 0 Å². The average molecular weight is 269 g/mol. The molecule has 2 N–H and O–H groups in total. The first-order valence-electron chi connectivity index (χ1n) is 6.54. The van der Waals surface area contributed by atoms with Gasteiger partial charge in [-0.25, -0.2) is 0 Å². The predicted octanol–water partition coefficient (Wildman–Crippen LogP) is 3.32. The second-order valence-corrected chi connectivity index (χ2v) is 5.02. The maximum Gasteiger partial charge on any atom is 0.169 e. The highest BCUT2D eigenvalue weighted by Crippen LogP contribution is 2.26. The van der Waals surface area contributed by atoms with Gasteiger partial charge in [0.2, 0.25) is 0 Å². The van der Waals surface area contributed by atoms with Crippen molar-refractivity contribution >= 4 is 11.5 Å². The van der Waals surface area contributed by atoms with Gasteiger partial charge in [-0.3, -0.25) is 4.79 Å². The molecular weight excluding hydrogens is 250 g/mol. The highest BCUT2D eigenvalue weighted by atomic mass is 16.5. The number of methoxy groups -OCH3 is 1. The molecule has 0 amide bonds. The van der Waals surface area contributed by atoms with Crippen molar-refractivity contribution in [2.45, 2.75) is 20.3 Å². The first-order chi connectivity index (χ1) is 9.51. The molecule has 2 aromatic carbocycles. The number of ketones is 1. The Morgan fingerprint density at radius 1 is 1.15 bits per heavy atom. The summed E-state index contributed by atoms with van der Waals surface area (Å²) in [6.45, 7) is 4.06. The fraction of sp³-hybridized carbons (Fsp3) is 0.235. The van der Waals surface area contributed by atoms with E-state index in [1.807, 2.05) is 26.0 Å². The van der Waals surface area contributed by atoms with Crippen LogP contribution in [0.15, 0.2) is 36.4 Å². The summed E-state index contributed by atoms with van der Waals surface area (Å²) in [5.74, 6) is 0.544. The molecule has 2 rings (SSSR count). The van der Waals surface area contributed by atoms with E-state index in [0.29, 0.717) is 23.4 Å². The Labute approximate surface area is 119 Å². The third-order valence-electron chi connectivity index (χ3n) is 3.23. The number of Topliss-reactive ketones (excluding diaryl/α,β-unsaturated/α-hetero) is 1. The SMILES string of the molecule is COc1cccc(C(=O)Cc2cc(C)cc(C)c2)c1N. The number of carbonyl (C=O) groups excluding carboxylic acids is 1. The van der Waals surface area contributed by atoms with Crippen molar-refractivity contribution in [3.05, 3.63) is 58.7 Å². The summed E-state index contributed by atoms with van der Waals surface area (Å²) in [6, 6.07) is 11.4. The number of hydrogen-bond acceptors (Lipinski definition) is 3. The standard InChI is InChI=1S/C17H19NO2/c1-11-7-12(2)9-13(8-11)10-15(19)14-5-4-6-16(20-3)17(14)18/h4-9H,10,18H2,1-3H3. The first kappa shape index (κ1) is 14.1. The van der Waals surface area contributed by atoms with Crippen LogP contribution in [0, 0.1) is 13.8 Å². The van der Waals surface area contributed by atoms with E-state index in [0.717, 1.165) is 16.7 Å². The van der Waals surface area contributed by atoms with Crippen LogP contribution in [0.2, 0.25) is 0 Å². The zero-order valence-corrected chi connectivity index (χ0v) is 12.1. The molecule has 0 aliphatic rings. The minimum Gasteiger partial charge on any atom is -0.495 e. The fourth-order valence-corrected chi connectivity index (χ4v) is 2.42. The number of aryl methyl sites for hydroxylation is 2. The molecule has 0 aromatic heterocycles. The summed E-state index contributed by atoms with van der Waals surface area (Å²) in [6.07, 6.45) is 0.347. The van der Waals surface area contributed by atoms with Crippen molar-refractivity contribution < 1.29 is 9.53 Å². The van der Waals surface area contributed by atoms with Crippen LogP contribution in [0.25, 0.3) is 0 Å². The lowest BCUT2D eigenvalue weighted by atomic mass is 9.98. The average Bonchev–Trinajstić information content (AvgIpc) is 2.37. The second kappa shape index (κ2) is 5.78. The molecule has 0 saturated heterocycles. The number of benzene rings is 2. The van der Waals surface area contributed by atoms with Crippen molar-refractivity contribution in [1.82, 2.24) is 0 Å². The molecule has 20 heavy (non-hydrogen) atoms. The number of para-hydroxylation sites is 1. The van der Waals surface area contributed by atoms with Crippen molar-refractivity contribution in [3.8, 4) is 5.75 Å². The van der Waals surface area contributed by atoms with Crippen LogP contribution in [-0.2, 0) is 6.42 Å². The van der Waals surface area contributed by atoms with E-state index < -0.39 is 0 Å². The zero-order chi connectivity index (χ0) is 14.7. The van der Waals surface area contributed by atoms with E-state index in [1.54, 1.807) is 25.3 Å². The van der Waals surface area contributed by atoms with Gasteiger partial charge in [0.1, 0.15) is 5.75 Å². The normalized spacial score (nSPS) is 10.3. The van der Waals surface area contributed by atoms with Gasteiger partial charge < -0.3 is 10.5 Å². The molecule has 2 aromatic rings. The summed E-state index contributed by atoms with van der Waals surface area (Å²) in [5.41, 5.74) is 10.2. The molecular formula is C17H19NO2. The van der Waals surface area contributed by atoms with Crippen molar-refractivity contribution in [1.29, 1.82) is 0 Å². The third-order valence-corrected chi connectivity index (χ3v) is 3.23. The van der Waals surface area contributed by atoms with Gasteiger partial charge in [-0.2, -0.15) is 0 Å². The lowest BCUT2D eigenvalue weighted by Gasteiger charge is -2.10. The Morgan fingerprint density at radius 3 is 2.40 bits per heavy atom. The molecule has 0 spiro atoms.